The van der Waals surface area contributed by atoms with Crippen LogP contribution < -0.4 is 10.7 Å². The van der Waals surface area contributed by atoms with Gasteiger partial charge in [0.15, 0.2) is 5.82 Å². The Kier molecular flexibility index (Phi) is 5.22. The van der Waals surface area contributed by atoms with Gasteiger partial charge in [0.05, 0.1) is 5.52 Å². The Labute approximate surface area is 211 Å². The molecule has 1 N–H and O–H groups in total. The third kappa shape index (κ3) is 3.63. The van der Waals surface area contributed by atoms with Crippen LogP contribution in [-0.2, 0) is 5.54 Å². The van der Waals surface area contributed by atoms with Crippen LogP contribution in [0.4, 0.5) is 14.5 Å². The molecule has 6 rings (SSSR count). The van der Waals surface area contributed by atoms with E-state index in [2.05, 4.69) is 10.1 Å². The topological polar surface area (TPSA) is 84.1 Å². The summed E-state index contributed by atoms with van der Waals surface area (Å²) in [6.45, 7) is 2.02. The molecule has 37 heavy (non-hydrogen) atoms. The quantitative estimate of drug-likeness (QED) is 0.385. The molecule has 0 aliphatic heterocycles. The van der Waals surface area contributed by atoms with E-state index in [4.69, 9.17) is 4.52 Å². The molecule has 0 unspecified atom stereocenters. The maximum absolute atomic E-state index is 14.4. The van der Waals surface area contributed by atoms with E-state index in [0.717, 1.165) is 16.5 Å². The van der Waals surface area contributed by atoms with Crippen LogP contribution in [0.15, 0.2) is 70.0 Å². The average molecular weight is 505 g/mol. The van der Waals surface area contributed by atoms with E-state index in [-0.39, 0.29) is 31.1 Å². The number of alkyl halides is 2. The fraction of sp³-hybridized carbons (Fsp3) is 0.321. The minimum absolute atomic E-state index is 0.0372. The first kappa shape index (κ1) is 23.4. The van der Waals surface area contributed by atoms with Crippen molar-refractivity contribution in [2.75, 3.05) is 11.9 Å². The van der Waals surface area contributed by atoms with Gasteiger partial charge in [0.1, 0.15) is 11.2 Å². The lowest BCUT2D eigenvalue weighted by Gasteiger charge is -2.26. The van der Waals surface area contributed by atoms with Gasteiger partial charge < -0.3 is 9.47 Å². The Morgan fingerprint density at radius 3 is 2.49 bits per heavy atom. The Bertz CT molecular complexity index is 1600. The predicted octanol–water partition coefficient (Wildman–Crippen LogP) is 5.58. The zero-order valence-electron chi connectivity index (χ0n) is 20.5. The fourth-order valence-corrected chi connectivity index (χ4v) is 5.70. The number of halogens is 2. The van der Waals surface area contributed by atoms with Crippen molar-refractivity contribution in [1.29, 1.82) is 0 Å². The maximum Gasteiger partial charge on any atom is 0.438 e. The average Bonchev–Trinajstić information content (AvgIpc) is 3.22. The van der Waals surface area contributed by atoms with E-state index >= 15 is 0 Å². The van der Waals surface area contributed by atoms with Crippen molar-refractivity contribution in [2.24, 2.45) is 5.92 Å². The van der Waals surface area contributed by atoms with Crippen LogP contribution in [0.5, 0.6) is 0 Å². The number of amides is 1. The number of allylic oxidation sites excluding steroid dienone is 2. The van der Waals surface area contributed by atoms with Crippen LogP contribution in [-0.4, -0.2) is 33.6 Å². The summed E-state index contributed by atoms with van der Waals surface area (Å²) in [5, 5.41) is 4.82. The number of aromatic nitrogens is 3. The lowest BCUT2D eigenvalue weighted by molar-refractivity contribution is -0.00602. The van der Waals surface area contributed by atoms with Gasteiger partial charge in [0.2, 0.25) is 0 Å². The highest BCUT2D eigenvalue weighted by Gasteiger charge is 2.59. The highest BCUT2D eigenvalue weighted by Crippen LogP contribution is 2.57. The third-order valence-corrected chi connectivity index (χ3v) is 7.78. The largest absolute Gasteiger partial charge is 0.438 e. The smallest absolute Gasteiger partial charge is 0.322 e. The second-order valence-electron chi connectivity index (χ2n) is 10.0. The number of hydrogen-bond donors (Lipinski definition) is 1. The van der Waals surface area contributed by atoms with Crippen molar-refractivity contribution in [1.82, 2.24) is 14.7 Å². The molecular weight excluding hydrogens is 478 g/mol. The SMILES string of the molecule is C[C@H]1C[C@]1(c1noc(=O)[nH]1)n1c(C(=O)N(C)c2ccccc2)c(C2=CCC(F)(F)CC2)c2ccccc21. The Hall–Kier alpha value is -4.01. The Balaban J connectivity index is 1.65. The molecule has 1 saturated carbocycles. The van der Waals surface area contributed by atoms with Gasteiger partial charge in [-0.25, -0.2) is 13.6 Å². The van der Waals surface area contributed by atoms with E-state index in [9.17, 15) is 18.4 Å². The lowest BCUT2D eigenvalue weighted by atomic mass is 9.89. The van der Waals surface area contributed by atoms with Crippen LogP contribution in [0.1, 0.15) is 54.5 Å². The first-order chi connectivity index (χ1) is 17.7. The molecule has 7 nitrogen and oxygen atoms in total. The zero-order valence-corrected chi connectivity index (χ0v) is 20.5. The molecule has 190 valence electrons. The summed E-state index contributed by atoms with van der Waals surface area (Å²) in [5.41, 5.74) is 2.43. The molecule has 2 aromatic carbocycles. The van der Waals surface area contributed by atoms with E-state index in [0.29, 0.717) is 29.2 Å². The minimum Gasteiger partial charge on any atom is -0.322 e. The summed E-state index contributed by atoms with van der Waals surface area (Å²) in [6.07, 6.45) is 1.69. The number of carbonyl (C=O) groups excluding carboxylic acids is 1. The molecular formula is C28H26F2N4O3. The molecule has 2 aromatic heterocycles. The van der Waals surface area contributed by atoms with Gasteiger partial charge >= 0.3 is 5.76 Å². The first-order valence-corrected chi connectivity index (χ1v) is 12.3. The van der Waals surface area contributed by atoms with Gasteiger partial charge in [-0.1, -0.05) is 54.6 Å². The first-order valence-electron chi connectivity index (χ1n) is 12.3. The van der Waals surface area contributed by atoms with Gasteiger partial charge in [0.25, 0.3) is 11.8 Å². The van der Waals surface area contributed by atoms with E-state index < -0.39 is 17.2 Å². The molecule has 0 radical (unpaired) electrons. The number of anilines is 1. The van der Waals surface area contributed by atoms with Gasteiger partial charge in [0, 0.05) is 36.5 Å². The number of para-hydroxylation sites is 2. The summed E-state index contributed by atoms with van der Waals surface area (Å²) < 4.78 is 35.1. The van der Waals surface area contributed by atoms with Gasteiger partial charge in [-0.15, -0.1) is 0 Å². The molecule has 1 fully saturated rings. The van der Waals surface area contributed by atoms with Gasteiger partial charge in [-0.2, -0.15) is 0 Å². The second kappa shape index (κ2) is 8.26. The number of H-pyrrole nitrogens is 1. The van der Waals surface area contributed by atoms with Crippen molar-refractivity contribution in [3.63, 3.8) is 0 Å². The summed E-state index contributed by atoms with van der Waals surface area (Å²) in [6, 6.07) is 16.9. The van der Waals surface area contributed by atoms with E-state index in [1.807, 2.05) is 66.1 Å². The number of hydrogen-bond acceptors (Lipinski definition) is 4. The van der Waals surface area contributed by atoms with Crippen LogP contribution in [0, 0.1) is 5.92 Å². The summed E-state index contributed by atoms with van der Waals surface area (Å²) >= 11 is 0. The molecule has 1 amide bonds. The van der Waals surface area contributed by atoms with E-state index in [1.54, 1.807) is 18.0 Å². The highest BCUT2D eigenvalue weighted by atomic mass is 19.3. The van der Waals surface area contributed by atoms with Crippen LogP contribution in [0.25, 0.3) is 16.5 Å². The monoisotopic (exact) mass is 504 g/mol. The maximum atomic E-state index is 14.4. The number of rotatable bonds is 5. The summed E-state index contributed by atoms with van der Waals surface area (Å²) in [4.78, 5) is 30.6. The second-order valence-corrected chi connectivity index (χ2v) is 10.0. The zero-order chi connectivity index (χ0) is 25.9. The molecule has 2 heterocycles. The van der Waals surface area contributed by atoms with Gasteiger partial charge in [-0.05, 0) is 42.5 Å². The van der Waals surface area contributed by atoms with Crippen LogP contribution in [0.2, 0.25) is 0 Å². The normalized spacial score (nSPS) is 22.6. The Morgan fingerprint density at radius 1 is 1.16 bits per heavy atom. The minimum atomic E-state index is -2.76. The third-order valence-electron chi connectivity index (χ3n) is 7.78. The van der Waals surface area contributed by atoms with Crippen LogP contribution in [0.3, 0.4) is 0 Å². The molecule has 0 spiro atoms. The van der Waals surface area contributed by atoms with Gasteiger partial charge in [-0.3, -0.25) is 14.3 Å². The molecule has 0 bridgehead atoms. The summed E-state index contributed by atoms with van der Waals surface area (Å²) in [7, 11) is 1.70. The standard InChI is InChI=1S/C28H26F2N4O3/c1-17-16-28(17,25-31-26(36)37-32-25)34-21-11-7-6-10-20(21)22(18-12-14-27(29,30)15-13-18)23(34)24(35)33(2)19-8-4-3-5-9-19/h3-12,17H,13-16H2,1-2H3,(H,31,32,36)/t17-,28-/m0/s1. The number of carbonyl (C=O) groups is 1. The fourth-order valence-electron chi connectivity index (χ4n) is 5.70. The molecule has 2 atom stereocenters. The molecule has 2 aliphatic rings. The molecule has 4 aromatic rings. The molecule has 9 heteroatoms. The van der Waals surface area contributed by atoms with Crippen molar-refractivity contribution in [2.45, 2.75) is 44.1 Å². The van der Waals surface area contributed by atoms with Crippen LogP contribution >= 0.6 is 0 Å². The lowest BCUT2D eigenvalue weighted by Crippen LogP contribution is -2.34. The van der Waals surface area contributed by atoms with Crippen molar-refractivity contribution >= 4 is 28.1 Å². The molecule has 2 aliphatic carbocycles. The Morgan fingerprint density at radius 2 is 1.86 bits per heavy atom. The number of nitrogens with zero attached hydrogens (tertiary/aromatic N) is 3. The number of fused-ring (bicyclic) bond motifs is 1. The predicted molar refractivity (Wildman–Crippen MR) is 136 cm³/mol. The van der Waals surface area contributed by atoms with Crippen molar-refractivity contribution in [3.8, 4) is 0 Å². The highest BCUT2D eigenvalue weighted by molar-refractivity contribution is 6.13. The molecule has 0 saturated heterocycles. The van der Waals surface area contributed by atoms with E-state index in [1.165, 1.54) is 0 Å². The summed E-state index contributed by atoms with van der Waals surface area (Å²) in [5.74, 6) is -3.33. The number of aromatic amines is 1. The number of benzene rings is 2. The number of nitrogens with one attached hydrogen (secondary N) is 1. The van der Waals surface area contributed by atoms with Crippen molar-refractivity contribution in [3.05, 3.63) is 88.3 Å². The van der Waals surface area contributed by atoms with Crippen molar-refractivity contribution < 1.29 is 18.1 Å².